The lowest BCUT2D eigenvalue weighted by atomic mass is 9.67. The van der Waals surface area contributed by atoms with E-state index >= 15 is 0 Å². The largest absolute Gasteiger partial charge is 0.380 e. The van der Waals surface area contributed by atoms with Gasteiger partial charge in [0.25, 0.3) is 5.91 Å². The fourth-order valence-corrected chi connectivity index (χ4v) is 4.46. The number of aromatic nitrogens is 2. The maximum absolute atomic E-state index is 13.7. The molecule has 2 aromatic heterocycles. The van der Waals surface area contributed by atoms with Crippen LogP contribution in [0.1, 0.15) is 42.1 Å². The van der Waals surface area contributed by atoms with Crippen LogP contribution in [0.4, 0.5) is 19.6 Å². The predicted molar refractivity (Wildman–Crippen MR) is 107 cm³/mol. The first kappa shape index (κ1) is 20.8. The number of nitrogens with zero attached hydrogens (tertiary/aromatic N) is 3. The van der Waals surface area contributed by atoms with Gasteiger partial charge in [0.2, 0.25) is 17.8 Å². The van der Waals surface area contributed by atoms with Gasteiger partial charge in [0, 0.05) is 23.1 Å². The van der Waals surface area contributed by atoms with Gasteiger partial charge in [-0.1, -0.05) is 13.8 Å². The fourth-order valence-electron chi connectivity index (χ4n) is 3.52. The molecule has 3 heterocycles. The van der Waals surface area contributed by atoms with E-state index in [1.54, 1.807) is 6.92 Å². The maximum Gasteiger partial charge on any atom is 0.271 e. The van der Waals surface area contributed by atoms with E-state index in [1.165, 1.54) is 0 Å². The number of ether oxygens (including phenoxy) is 1. The van der Waals surface area contributed by atoms with Crippen molar-refractivity contribution in [3.8, 4) is 0 Å². The highest BCUT2D eigenvalue weighted by Crippen LogP contribution is 2.40. The molecular formula is C20H22F2N4O3S. The molecule has 10 heteroatoms. The average Bonchev–Trinajstić information content (AvgIpc) is 2.97. The third-order valence-corrected chi connectivity index (χ3v) is 6.69. The monoisotopic (exact) mass is 436 g/mol. The van der Waals surface area contributed by atoms with Gasteiger partial charge in [-0.15, -0.1) is 11.3 Å². The molecule has 1 N–H and O–H groups in total. The molecule has 0 bridgehead atoms. The molecule has 7 nitrogen and oxygen atoms in total. The Labute approximate surface area is 176 Å². The molecule has 30 heavy (non-hydrogen) atoms. The van der Waals surface area contributed by atoms with Crippen molar-refractivity contribution in [3.05, 3.63) is 34.6 Å². The summed E-state index contributed by atoms with van der Waals surface area (Å²) in [5, 5.41) is 3.17. The molecule has 1 aliphatic heterocycles. The highest BCUT2D eigenvalue weighted by atomic mass is 32.1. The molecule has 1 aliphatic carbocycles. The number of nitrogens with one attached hydrogen (secondary N) is 1. The number of hydrogen-bond donors (Lipinski definition) is 1. The van der Waals surface area contributed by atoms with E-state index in [9.17, 15) is 18.4 Å². The Morgan fingerprint density at radius 3 is 2.40 bits per heavy atom. The van der Waals surface area contributed by atoms with Crippen molar-refractivity contribution in [2.45, 2.75) is 39.7 Å². The minimum absolute atomic E-state index is 0.0285. The van der Waals surface area contributed by atoms with Gasteiger partial charge in [-0.3, -0.25) is 14.5 Å². The summed E-state index contributed by atoms with van der Waals surface area (Å²) in [5.41, 5.74) is 0.203. The van der Waals surface area contributed by atoms with Crippen LogP contribution >= 0.6 is 11.3 Å². The van der Waals surface area contributed by atoms with E-state index in [-0.39, 0.29) is 47.1 Å². The van der Waals surface area contributed by atoms with Crippen LogP contribution in [-0.2, 0) is 9.53 Å². The van der Waals surface area contributed by atoms with Crippen LogP contribution in [0.25, 0.3) is 0 Å². The Morgan fingerprint density at radius 2 is 1.90 bits per heavy atom. The number of hydrogen-bond acceptors (Lipinski definition) is 6. The van der Waals surface area contributed by atoms with E-state index in [1.807, 2.05) is 0 Å². The summed E-state index contributed by atoms with van der Waals surface area (Å²) in [5.74, 6) is -3.26. The number of carbonyl (C=O) groups is 2. The van der Waals surface area contributed by atoms with Crippen LogP contribution in [0, 0.1) is 30.2 Å². The normalized spacial score (nSPS) is 20.2. The standard InChI is InChI=1S/C20H22F2N4O3S/c1-10-16(17(27)23-13-4-5-20(13,2)3)25-19(30-10)26(18(28)11-8-29-9-11)12-6-14(21)24-15(22)7-12/h6-7,11,13H,4-5,8-9H2,1-3H3,(H,23,27). The number of rotatable bonds is 5. The zero-order valence-corrected chi connectivity index (χ0v) is 17.7. The molecule has 1 atom stereocenters. The molecule has 0 aromatic carbocycles. The minimum atomic E-state index is -1.05. The smallest absolute Gasteiger partial charge is 0.271 e. The van der Waals surface area contributed by atoms with Crippen LogP contribution in [0.15, 0.2) is 12.1 Å². The number of amides is 2. The zero-order chi connectivity index (χ0) is 21.6. The molecule has 1 unspecified atom stereocenters. The second-order valence-electron chi connectivity index (χ2n) is 8.33. The van der Waals surface area contributed by atoms with Gasteiger partial charge < -0.3 is 10.1 Å². The SMILES string of the molecule is Cc1sc(N(C(=O)C2COC2)c2cc(F)nc(F)c2)nc1C(=O)NC1CCC1(C)C. The van der Waals surface area contributed by atoms with E-state index in [4.69, 9.17) is 4.74 Å². The number of anilines is 2. The van der Waals surface area contributed by atoms with E-state index in [0.29, 0.717) is 4.88 Å². The third kappa shape index (κ3) is 3.81. The summed E-state index contributed by atoms with van der Waals surface area (Å²) in [6.07, 6.45) is 1.93. The average molecular weight is 436 g/mol. The Hall–Kier alpha value is -2.46. The van der Waals surface area contributed by atoms with Crippen LogP contribution in [0.3, 0.4) is 0 Å². The first-order valence-corrected chi connectivity index (χ1v) is 10.5. The lowest BCUT2D eigenvalue weighted by molar-refractivity contribution is -0.135. The highest BCUT2D eigenvalue weighted by molar-refractivity contribution is 7.16. The molecule has 1 saturated carbocycles. The molecule has 1 saturated heterocycles. The third-order valence-electron chi connectivity index (χ3n) is 5.73. The molecule has 4 rings (SSSR count). The van der Waals surface area contributed by atoms with Gasteiger partial charge in [-0.2, -0.15) is 13.8 Å². The van der Waals surface area contributed by atoms with Crippen molar-refractivity contribution < 1.29 is 23.1 Å². The predicted octanol–water partition coefficient (Wildman–Crippen LogP) is 3.35. The lowest BCUT2D eigenvalue weighted by Crippen LogP contribution is -2.52. The van der Waals surface area contributed by atoms with Gasteiger partial charge >= 0.3 is 0 Å². The Balaban J connectivity index is 1.66. The number of thiazole rings is 1. The summed E-state index contributed by atoms with van der Waals surface area (Å²) in [6.45, 7) is 6.35. The maximum atomic E-state index is 13.7. The second-order valence-corrected chi connectivity index (χ2v) is 9.52. The van der Waals surface area contributed by atoms with Crippen LogP contribution < -0.4 is 10.2 Å². The Bertz CT molecular complexity index is 986. The molecule has 160 valence electrons. The summed E-state index contributed by atoms with van der Waals surface area (Å²) >= 11 is 1.12. The number of pyridine rings is 1. The highest BCUT2D eigenvalue weighted by Gasteiger charge is 2.40. The molecule has 0 radical (unpaired) electrons. The van der Waals surface area contributed by atoms with Gasteiger partial charge in [0.1, 0.15) is 5.69 Å². The summed E-state index contributed by atoms with van der Waals surface area (Å²) in [4.78, 5) is 35.0. The van der Waals surface area contributed by atoms with Crippen molar-refractivity contribution in [1.29, 1.82) is 0 Å². The summed E-state index contributed by atoms with van der Waals surface area (Å²) in [7, 11) is 0. The van der Waals surface area contributed by atoms with Crippen molar-refractivity contribution in [2.75, 3.05) is 18.1 Å². The minimum Gasteiger partial charge on any atom is -0.380 e. The topological polar surface area (TPSA) is 84.4 Å². The van der Waals surface area contributed by atoms with Gasteiger partial charge in [0.05, 0.1) is 24.8 Å². The quantitative estimate of drug-likeness (QED) is 0.727. The van der Waals surface area contributed by atoms with Crippen molar-refractivity contribution >= 4 is 34.0 Å². The van der Waals surface area contributed by atoms with Crippen LogP contribution in [0.2, 0.25) is 0 Å². The van der Waals surface area contributed by atoms with Crippen LogP contribution in [-0.4, -0.2) is 41.0 Å². The second kappa shape index (κ2) is 7.66. The Kier molecular flexibility index (Phi) is 5.31. The van der Waals surface area contributed by atoms with Crippen molar-refractivity contribution in [3.63, 3.8) is 0 Å². The zero-order valence-electron chi connectivity index (χ0n) is 16.9. The first-order valence-electron chi connectivity index (χ1n) is 9.69. The van der Waals surface area contributed by atoms with Gasteiger partial charge in [-0.05, 0) is 25.2 Å². The number of aryl methyl sites for hydroxylation is 1. The van der Waals surface area contributed by atoms with Gasteiger partial charge in [0.15, 0.2) is 5.13 Å². The lowest BCUT2D eigenvalue weighted by Gasteiger charge is -2.44. The van der Waals surface area contributed by atoms with E-state index < -0.39 is 23.7 Å². The number of carbonyl (C=O) groups excluding carboxylic acids is 2. The Morgan fingerprint density at radius 1 is 1.23 bits per heavy atom. The molecule has 0 spiro atoms. The first-order chi connectivity index (χ1) is 14.2. The molecule has 2 aromatic rings. The molecule has 2 aliphatic rings. The fraction of sp³-hybridized carbons (Fsp3) is 0.500. The summed E-state index contributed by atoms with van der Waals surface area (Å²) in [6, 6.07) is 1.99. The van der Waals surface area contributed by atoms with Crippen molar-refractivity contribution in [2.24, 2.45) is 11.3 Å². The number of halogens is 2. The van der Waals surface area contributed by atoms with Crippen molar-refractivity contribution in [1.82, 2.24) is 15.3 Å². The molecule has 2 amide bonds. The van der Waals surface area contributed by atoms with Gasteiger partial charge in [-0.25, -0.2) is 4.98 Å². The van der Waals surface area contributed by atoms with Crippen LogP contribution in [0.5, 0.6) is 0 Å². The summed E-state index contributed by atoms with van der Waals surface area (Å²) < 4.78 is 32.6. The van der Waals surface area contributed by atoms with E-state index in [2.05, 4.69) is 29.1 Å². The molecule has 2 fully saturated rings. The molecular weight excluding hydrogens is 414 g/mol. The van der Waals surface area contributed by atoms with E-state index in [0.717, 1.165) is 41.2 Å².